The molecule has 1 aromatic heterocycles. The van der Waals surface area contributed by atoms with Gasteiger partial charge in [-0.05, 0) is 12.8 Å². The van der Waals surface area contributed by atoms with Crippen molar-refractivity contribution >= 4 is 11.8 Å². The first-order valence-corrected chi connectivity index (χ1v) is 7.82. The highest BCUT2D eigenvalue weighted by atomic mass is 32.2. The Bertz CT molecular complexity index is 321. The summed E-state index contributed by atoms with van der Waals surface area (Å²) in [6.45, 7) is 1.08. The van der Waals surface area contributed by atoms with Crippen LogP contribution in [-0.4, -0.2) is 33.2 Å². The zero-order chi connectivity index (χ0) is 11.5. The van der Waals surface area contributed by atoms with Crippen molar-refractivity contribution < 1.29 is 0 Å². The molecule has 1 atom stereocenters. The zero-order valence-electron chi connectivity index (χ0n) is 10.1. The van der Waals surface area contributed by atoms with E-state index in [4.69, 9.17) is 4.98 Å². The number of hydrogen-bond acceptors (Lipinski definition) is 4. The van der Waals surface area contributed by atoms with Gasteiger partial charge in [0.05, 0.1) is 6.04 Å². The van der Waals surface area contributed by atoms with E-state index in [-0.39, 0.29) is 0 Å². The van der Waals surface area contributed by atoms with Crippen LogP contribution in [0.15, 0.2) is 0 Å². The van der Waals surface area contributed by atoms with E-state index in [1.54, 1.807) is 0 Å². The Balaban J connectivity index is 1.68. The molecule has 2 N–H and O–H groups in total. The number of nitrogens with one attached hydrogen (secondary N) is 2. The largest absolute Gasteiger partial charge is 0.306 e. The third kappa shape index (κ3) is 2.65. The molecule has 4 nitrogen and oxygen atoms in total. The van der Waals surface area contributed by atoms with Crippen LogP contribution in [0.5, 0.6) is 0 Å². The van der Waals surface area contributed by atoms with Crippen LogP contribution in [-0.2, 0) is 0 Å². The van der Waals surface area contributed by atoms with Crippen LogP contribution in [0, 0.1) is 0 Å². The van der Waals surface area contributed by atoms with Crippen molar-refractivity contribution in [2.24, 2.45) is 0 Å². The summed E-state index contributed by atoms with van der Waals surface area (Å²) in [5.74, 6) is 5.01. The fourth-order valence-corrected chi connectivity index (χ4v) is 3.67. The lowest BCUT2D eigenvalue weighted by Gasteiger charge is -2.21. The fraction of sp³-hybridized carbons (Fsp3) is 0.833. The van der Waals surface area contributed by atoms with Gasteiger partial charge < -0.3 is 5.32 Å². The second-order valence-electron chi connectivity index (χ2n) is 5.00. The van der Waals surface area contributed by atoms with Crippen molar-refractivity contribution in [1.29, 1.82) is 0 Å². The molecular weight excluding hydrogens is 232 g/mol. The third-order valence-electron chi connectivity index (χ3n) is 3.74. The molecule has 1 saturated heterocycles. The summed E-state index contributed by atoms with van der Waals surface area (Å²) in [5.41, 5.74) is 0. The summed E-state index contributed by atoms with van der Waals surface area (Å²) >= 11 is 1.99. The van der Waals surface area contributed by atoms with Crippen LogP contribution in [0.4, 0.5) is 0 Å². The Kier molecular flexibility index (Phi) is 3.66. The van der Waals surface area contributed by atoms with Crippen molar-refractivity contribution in [3.63, 3.8) is 0 Å². The molecule has 1 aromatic rings. The van der Waals surface area contributed by atoms with Crippen LogP contribution in [0.1, 0.15) is 55.7 Å². The van der Waals surface area contributed by atoms with E-state index < -0.39 is 0 Å². The van der Waals surface area contributed by atoms with Gasteiger partial charge in [-0.25, -0.2) is 4.98 Å². The molecule has 2 heterocycles. The van der Waals surface area contributed by atoms with Crippen molar-refractivity contribution in [2.45, 2.75) is 44.1 Å². The molecule has 0 spiro atoms. The minimum Gasteiger partial charge on any atom is -0.306 e. The molecule has 1 unspecified atom stereocenters. The Morgan fingerprint density at radius 3 is 2.82 bits per heavy atom. The van der Waals surface area contributed by atoms with Gasteiger partial charge in [-0.15, -0.1) is 0 Å². The van der Waals surface area contributed by atoms with Gasteiger partial charge in [-0.2, -0.15) is 16.9 Å². The van der Waals surface area contributed by atoms with Gasteiger partial charge in [-0.3, -0.25) is 5.10 Å². The highest BCUT2D eigenvalue weighted by Gasteiger charge is 2.23. The second kappa shape index (κ2) is 5.40. The van der Waals surface area contributed by atoms with E-state index in [0.29, 0.717) is 12.0 Å². The van der Waals surface area contributed by atoms with Gasteiger partial charge in [0.1, 0.15) is 5.82 Å². The van der Waals surface area contributed by atoms with Gasteiger partial charge in [0.15, 0.2) is 5.82 Å². The Morgan fingerprint density at radius 2 is 2.06 bits per heavy atom. The molecule has 1 aliphatic heterocycles. The van der Waals surface area contributed by atoms with Crippen molar-refractivity contribution in [2.75, 3.05) is 18.1 Å². The highest BCUT2D eigenvalue weighted by molar-refractivity contribution is 7.99. The highest BCUT2D eigenvalue weighted by Crippen LogP contribution is 2.31. The van der Waals surface area contributed by atoms with Crippen LogP contribution in [0.3, 0.4) is 0 Å². The predicted octanol–water partition coefficient (Wildman–Crippen LogP) is 2.23. The molecule has 2 aliphatic rings. The minimum absolute atomic E-state index is 0.374. The van der Waals surface area contributed by atoms with E-state index in [1.807, 2.05) is 11.8 Å². The molecule has 1 aliphatic carbocycles. The smallest absolute Gasteiger partial charge is 0.153 e. The van der Waals surface area contributed by atoms with Crippen LogP contribution < -0.4 is 5.32 Å². The molecule has 0 radical (unpaired) electrons. The Labute approximate surface area is 106 Å². The first-order valence-electron chi connectivity index (χ1n) is 6.67. The molecule has 0 amide bonds. The van der Waals surface area contributed by atoms with Crippen molar-refractivity contribution in [1.82, 2.24) is 20.5 Å². The first kappa shape index (κ1) is 11.5. The molecular formula is C12H20N4S. The molecule has 3 rings (SSSR count). The maximum absolute atomic E-state index is 4.72. The predicted molar refractivity (Wildman–Crippen MR) is 70.3 cm³/mol. The first-order chi connectivity index (χ1) is 8.43. The molecule has 0 bridgehead atoms. The van der Waals surface area contributed by atoms with E-state index in [0.717, 1.165) is 23.9 Å². The van der Waals surface area contributed by atoms with Crippen molar-refractivity contribution in [3.05, 3.63) is 11.6 Å². The van der Waals surface area contributed by atoms with Gasteiger partial charge in [0, 0.05) is 24.0 Å². The van der Waals surface area contributed by atoms with E-state index in [9.17, 15) is 0 Å². The monoisotopic (exact) mass is 252 g/mol. The number of aromatic amines is 1. The number of aromatic nitrogens is 3. The zero-order valence-corrected chi connectivity index (χ0v) is 10.9. The summed E-state index contributed by atoms with van der Waals surface area (Å²) in [7, 11) is 0. The summed E-state index contributed by atoms with van der Waals surface area (Å²) in [5, 5.41) is 11.1. The molecule has 2 fully saturated rings. The minimum atomic E-state index is 0.374. The maximum Gasteiger partial charge on any atom is 0.153 e. The van der Waals surface area contributed by atoms with Gasteiger partial charge in [0.25, 0.3) is 0 Å². The topological polar surface area (TPSA) is 53.6 Å². The molecule has 1 saturated carbocycles. The van der Waals surface area contributed by atoms with E-state index in [2.05, 4.69) is 15.5 Å². The normalized spacial score (nSPS) is 27.2. The van der Waals surface area contributed by atoms with Gasteiger partial charge >= 0.3 is 0 Å². The third-order valence-corrected chi connectivity index (χ3v) is 4.80. The molecule has 0 aromatic carbocycles. The lowest BCUT2D eigenvalue weighted by atomic mass is 9.89. The average molecular weight is 252 g/mol. The Hall–Kier alpha value is -0.550. The van der Waals surface area contributed by atoms with Crippen molar-refractivity contribution in [3.8, 4) is 0 Å². The summed E-state index contributed by atoms with van der Waals surface area (Å²) < 4.78 is 0. The SMILES string of the molecule is C1CCC(c2n[nH]c(C3CSCCN3)n2)CC1. The fourth-order valence-electron chi connectivity index (χ4n) is 2.73. The van der Waals surface area contributed by atoms with Gasteiger partial charge in [0.2, 0.25) is 0 Å². The lowest BCUT2D eigenvalue weighted by molar-refractivity contribution is 0.429. The quantitative estimate of drug-likeness (QED) is 0.847. The Morgan fingerprint density at radius 1 is 1.18 bits per heavy atom. The summed E-state index contributed by atoms with van der Waals surface area (Å²) in [6, 6.07) is 0.374. The number of nitrogens with zero attached hydrogens (tertiary/aromatic N) is 2. The maximum atomic E-state index is 4.72. The number of rotatable bonds is 2. The lowest BCUT2D eigenvalue weighted by Crippen LogP contribution is -2.31. The van der Waals surface area contributed by atoms with Crippen LogP contribution in [0.25, 0.3) is 0 Å². The molecule has 17 heavy (non-hydrogen) atoms. The molecule has 94 valence electrons. The molecule has 5 heteroatoms. The van der Waals surface area contributed by atoms with Gasteiger partial charge in [-0.1, -0.05) is 19.3 Å². The standard InChI is InChI=1S/C12H20N4S/c1-2-4-9(5-3-1)11-14-12(16-15-11)10-8-17-7-6-13-10/h9-10,13H,1-8H2,(H,14,15,16). The summed E-state index contributed by atoms with van der Waals surface area (Å²) in [4.78, 5) is 4.72. The average Bonchev–Trinajstić information content (AvgIpc) is 2.90. The van der Waals surface area contributed by atoms with Crippen LogP contribution in [0.2, 0.25) is 0 Å². The number of hydrogen-bond donors (Lipinski definition) is 2. The van der Waals surface area contributed by atoms with E-state index >= 15 is 0 Å². The second-order valence-corrected chi connectivity index (χ2v) is 6.15. The number of H-pyrrole nitrogens is 1. The van der Waals surface area contributed by atoms with Crippen LogP contribution >= 0.6 is 11.8 Å². The summed E-state index contributed by atoms with van der Waals surface area (Å²) in [6.07, 6.45) is 6.60. The number of thioether (sulfide) groups is 1. The van der Waals surface area contributed by atoms with E-state index in [1.165, 1.54) is 37.9 Å².